The topological polar surface area (TPSA) is 40.7 Å². The highest BCUT2D eigenvalue weighted by Gasteiger charge is 2.15. The fourth-order valence-corrected chi connectivity index (χ4v) is 3.22. The van der Waals surface area contributed by atoms with E-state index in [4.69, 9.17) is 0 Å². The first kappa shape index (κ1) is 11.0. The van der Waals surface area contributed by atoms with E-state index in [0.29, 0.717) is 0 Å². The van der Waals surface area contributed by atoms with Crippen molar-refractivity contribution in [3.63, 3.8) is 0 Å². The molecule has 0 aromatic carbocycles. The van der Waals surface area contributed by atoms with E-state index in [0.717, 1.165) is 23.4 Å². The summed E-state index contributed by atoms with van der Waals surface area (Å²) in [7, 11) is 1.95. The molecule has 0 unspecified atom stereocenters. The lowest BCUT2D eigenvalue weighted by Gasteiger charge is -2.06. The Balaban J connectivity index is 1.77. The Hall–Kier alpha value is -0.480. The van der Waals surface area contributed by atoms with E-state index < -0.39 is 0 Å². The lowest BCUT2D eigenvalue weighted by molar-refractivity contribution is 0.794. The van der Waals surface area contributed by atoms with Crippen molar-refractivity contribution in [3.05, 3.63) is 17.7 Å². The summed E-state index contributed by atoms with van der Waals surface area (Å²) >= 11 is 2.05. The minimum atomic E-state index is 0.876. The normalized spacial score (nSPS) is 17.4. The van der Waals surface area contributed by atoms with Crippen molar-refractivity contribution in [2.45, 2.75) is 43.2 Å². The van der Waals surface area contributed by atoms with Crippen molar-refractivity contribution in [2.24, 2.45) is 0 Å². The summed E-state index contributed by atoms with van der Waals surface area (Å²) in [4.78, 5) is 7.72. The second-order valence-corrected chi connectivity index (χ2v) is 5.39. The van der Waals surface area contributed by atoms with E-state index in [1.165, 1.54) is 31.4 Å². The van der Waals surface area contributed by atoms with Crippen molar-refractivity contribution in [1.82, 2.24) is 15.3 Å². The maximum atomic E-state index is 4.38. The number of hydrogen-bond donors (Lipinski definition) is 2. The third kappa shape index (κ3) is 3.24. The molecule has 1 aromatic heterocycles. The monoisotopic (exact) mass is 225 g/mol. The van der Waals surface area contributed by atoms with Crippen molar-refractivity contribution in [1.29, 1.82) is 0 Å². The fraction of sp³-hybridized carbons (Fsp3) is 0.727. The van der Waals surface area contributed by atoms with Gasteiger partial charge in [0.15, 0.2) is 0 Å². The molecule has 0 spiro atoms. The lowest BCUT2D eigenvalue weighted by atomic mass is 10.4. The quantitative estimate of drug-likeness (QED) is 0.808. The Labute approximate surface area is 95.4 Å². The van der Waals surface area contributed by atoms with Gasteiger partial charge in [-0.1, -0.05) is 12.8 Å². The van der Waals surface area contributed by atoms with Crippen LogP contribution in [0.15, 0.2) is 6.20 Å². The van der Waals surface area contributed by atoms with Gasteiger partial charge in [-0.15, -0.1) is 0 Å². The second-order valence-electron chi connectivity index (χ2n) is 4.10. The van der Waals surface area contributed by atoms with Crippen LogP contribution in [0.2, 0.25) is 0 Å². The molecule has 0 aliphatic heterocycles. The van der Waals surface area contributed by atoms with Gasteiger partial charge in [0.25, 0.3) is 0 Å². The van der Waals surface area contributed by atoms with Gasteiger partial charge in [0, 0.05) is 23.7 Å². The maximum absolute atomic E-state index is 4.38. The molecule has 1 aliphatic carbocycles. The number of nitrogens with zero attached hydrogens (tertiary/aromatic N) is 1. The predicted molar refractivity (Wildman–Crippen MR) is 64.9 cm³/mol. The van der Waals surface area contributed by atoms with E-state index >= 15 is 0 Å². The predicted octanol–water partition coefficient (Wildman–Crippen LogP) is 2.30. The van der Waals surface area contributed by atoms with Crippen molar-refractivity contribution in [3.8, 4) is 0 Å². The van der Waals surface area contributed by atoms with Crippen LogP contribution in [0.25, 0.3) is 0 Å². The molecular weight excluding hydrogens is 206 g/mol. The molecule has 3 nitrogen and oxygen atoms in total. The molecule has 0 radical (unpaired) electrons. The zero-order chi connectivity index (χ0) is 10.5. The summed E-state index contributed by atoms with van der Waals surface area (Å²) in [6.45, 7) is 0.876. The third-order valence-electron chi connectivity index (χ3n) is 2.81. The van der Waals surface area contributed by atoms with E-state index in [9.17, 15) is 0 Å². The highest BCUT2D eigenvalue weighted by Crippen LogP contribution is 2.30. The largest absolute Gasteiger partial charge is 0.344 e. The molecule has 1 aliphatic rings. The number of thioether (sulfide) groups is 1. The van der Waals surface area contributed by atoms with E-state index in [-0.39, 0.29) is 0 Å². The number of hydrogen-bond acceptors (Lipinski definition) is 3. The van der Waals surface area contributed by atoms with Gasteiger partial charge in [-0.2, -0.15) is 11.8 Å². The van der Waals surface area contributed by atoms with Crippen LogP contribution in [0, 0.1) is 0 Å². The maximum Gasteiger partial charge on any atom is 0.116 e. The van der Waals surface area contributed by atoms with Gasteiger partial charge in [-0.05, 0) is 19.9 Å². The van der Waals surface area contributed by atoms with Crippen LogP contribution < -0.4 is 5.32 Å². The minimum Gasteiger partial charge on any atom is -0.344 e. The first-order chi connectivity index (χ1) is 7.38. The molecule has 2 rings (SSSR count). The minimum absolute atomic E-state index is 0.876. The summed E-state index contributed by atoms with van der Waals surface area (Å²) in [5, 5.41) is 3.99. The summed E-state index contributed by atoms with van der Waals surface area (Å²) in [5.41, 5.74) is 1.18. The molecule has 2 N–H and O–H groups in total. The number of H-pyrrole nitrogens is 1. The SMILES string of the molecule is CNCc1cnc(CSC2CCCC2)[nH]1. The Morgan fingerprint density at radius 2 is 2.33 bits per heavy atom. The fourth-order valence-electron chi connectivity index (χ4n) is 2.01. The van der Waals surface area contributed by atoms with Crippen molar-refractivity contribution < 1.29 is 0 Å². The molecule has 1 aromatic rings. The van der Waals surface area contributed by atoms with Crippen LogP contribution in [0.4, 0.5) is 0 Å². The van der Waals surface area contributed by atoms with Crippen LogP contribution in [0.1, 0.15) is 37.2 Å². The molecule has 1 fully saturated rings. The zero-order valence-electron chi connectivity index (χ0n) is 9.25. The standard InChI is InChI=1S/C11H19N3S/c1-12-6-9-7-13-11(14-9)8-15-10-4-2-3-5-10/h7,10,12H,2-6,8H2,1H3,(H,13,14). The Morgan fingerprint density at radius 3 is 3.07 bits per heavy atom. The zero-order valence-corrected chi connectivity index (χ0v) is 10.1. The van der Waals surface area contributed by atoms with E-state index in [1.807, 2.05) is 13.2 Å². The van der Waals surface area contributed by atoms with E-state index in [1.54, 1.807) is 0 Å². The molecular formula is C11H19N3S. The Bertz CT molecular complexity index is 292. The Kier molecular flexibility index (Phi) is 4.09. The molecule has 1 saturated carbocycles. The highest BCUT2D eigenvalue weighted by molar-refractivity contribution is 7.99. The molecule has 0 amide bonds. The van der Waals surface area contributed by atoms with Crippen LogP contribution >= 0.6 is 11.8 Å². The number of aromatic amines is 1. The van der Waals surface area contributed by atoms with E-state index in [2.05, 4.69) is 27.0 Å². The molecule has 0 saturated heterocycles. The summed E-state index contributed by atoms with van der Waals surface area (Å²) in [5.74, 6) is 2.16. The molecule has 0 bridgehead atoms. The lowest BCUT2D eigenvalue weighted by Crippen LogP contribution is -2.05. The van der Waals surface area contributed by atoms with Crippen molar-refractivity contribution >= 4 is 11.8 Å². The van der Waals surface area contributed by atoms with Gasteiger partial charge < -0.3 is 10.3 Å². The van der Waals surface area contributed by atoms with Crippen LogP contribution in [-0.4, -0.2) is 22.3 Å². The van der Waals surface area contributed by atoms with Gasteiger partial charge in [0.1, 0.15) is 5.82 Å². The summed E-state index contributed by atoms with van der Waals surface area (Å²) < 4.78 is 0. The smallest absolute Gasteiger partial charge is 0.116 e. The second kappa shape index (κ2) is 5.56. The molecule has 1 heterocycles. The molecule has 15 heavy (non-hydrogen) atoms. The van der Waals surface area contributed by atoms with Gasteiger partial charge in [-0.3, -0.25) is 0 Å². The van der Waals surface area contributed by atoms with Gasteiger partial charge in [-0.25, -0.2) is 4.98 Å². The molecule has 84 valence electrons. The van der Waals surface area contributed by atoms with Gasteiger partial charge >= 0.3 is 0 Å². The average Bonchev–Trinajstić information content (AvgIpc) is 2.85. The first-order valence-electron chi connectivity index (χ1n) is 5.67. The third-order valence-corrected chi connectivity index (χ3v) is 4.19. The van der Waals surface area contributed by atoms with Crippen LogP contribution in [0.5, 0.6) is 0 Å². The first-order valence-corrected chi connectivity index (χ1v) is 6.72. The van der Waals surface area contributed by atoms with Crippen molar-refractivity contribution in [2.75, 3.05) is 7.05 Å². The van der Waals surface area contributed by atoms with Crippen LogP contribution in [0.3, 0.4) is 0 Å². The average molecular weight is 225 g/mol. The number of rotatable bonds is 5. The summed E-state index contributed by atoms with van der Waals surface area (Å²) in [6.07, 6.45) is 7.56. The molecule has 4 heteroatoms. The number of nitrogens with one attached hydrogen (secondary N) is 2. The van der Waals surface area contributed by atoms with Crippen LogP contribution in [-0.2, 0) is 12.3 Å². The molecule has 0 atom stereocenters. The highest BCUT2D eigenvalue weighted by atomic mass is 32.2. The Morgan fingerprint density at radius 1 is 1.53 bits per heavy atom. The number of imidazole rings is 1. The summed E-state index contributed by atoms with van der Waals surface area (Å²) in [6, 6.07) is 0. The van der Waals surface area contributed by atoms with Gasteiger partial charge in [0.2, 0.25) is 0 Å². The van der Waals surface area contributed by atoms with Gasteiger partial charge in [0.05, 0.1) is 5.75 Å². The number of aromatic nitrogens is 2.